The van der Waals surface area contributed by atoms with E-state index in [4.69, 9.17) is 0 Å². The zero-order valence-electron chi connectivity index (χ0n) is 12.3. The number of aryl methyl sites for hydroxylation is 2. The van der Waals surface area contributed by atoms with Gasteiger partial charge in [0.15, 0.2) is 0 Å². The van der Waals surface area contributed by atoms with Crippen molar-refractivity contribution in [1.82, 2.24) is 9.78 Å². The summed E-state index contributed by atoms with van der Waals surface area (Å²) < 4.78 is 1.71. The highest BCUT2D eigenvalue weighted by molar-refractivity contribution is 5.96. The van der Waals surface area contributed by atoms with Crippen LogP contribution in [0.15, 0.2) is 0 Å². The molecular formula is C14H21N3O3. The van der Waals surface area contributed by atoms with Gasteiger partial charge in [0.1, 0.15) is 0 Å². The largest absolute Gasteiger partial charge is 0.481 e. The molecule has 1 heterocycles. The number of rotatable bonds is 3. The average molecular weight is 279 g/mol. The van der Waals surface area contributed by atoms with Gasteiger partial charge in [-0.15, -0.1) is 0 Å². The molecule has 6 heteroatoms. The number of carboxylic acids is 1. The predicted molar refractivity (Wildman–Crippen MR) is 74.3 cm³/mol. The van der Waals surface area contributed by atoms with Crippen LogP contribution in [0.25, 0.3) is 0 Å². The van der Waals surface area contributed by atoms with Crippen molar-refractivity contribution in [2.45, 2.75) is 33.6 Å². The number of carboxylic acid groups (broad SMARTS) is 1. The Labute approximate surface area is 118 Å². The third-order valence-corrected chi connectivity index (χ3v) is 4.21. The highest BCUT2D eigenvalue weighted by atomic mass is 16.4. The molecule has 0 bridgehead atoms. The Morgan fingerprint density at radius 1 is 1.30 bits per heavy atom. The fraction of sp³-hybridized carbons (Fsp3) is 0.643. The summed E-state index contributed by atoms with van der Waals surface area (Å²) in [5.74, 6) is -1.86. The van der Waals surface area contributed by atoms with E-state index in [0.717, 1.165) is 11.4 Å². The second-order valence-corrected chi connectivity index (χ2v) is 5.79. The van der Waals surface area contributed by atoms with E-state index in [1.165, 1.54) is 0 Å². The lowest BCUT2D eigenvalue weighted by molar-refractivity contribution is -0.145. The van der Waals surface area contributed by atoms with Crippen LogP contribution in [0.3, 0.4) is 0 Å². The van der Waals surface area contributed by atoms with Crippen molar-refractivity contribution in [2.24, 2.45) is 24.8 Å². The lowest BCUT2D eigenvalue weighted by Crippen LogP contribution is -2.30. The second-order valence-electron chi connectivity index (χ2n) is 5.79. The van der Waals surface area contributed by atoms with Crippen LogP contribution >= 0.6 is 0 Å². The van der Waals surface area contributed by atoms with Crippen molar-refractivity contribution < 1.29 is 14.7 Å². The van der Waals surface area contributed by atoms with E-state index < -0.39 is 17.8 Å². The number of aliphatic carboxylic acids is 1. The number of nitrogens with one attached hydrogen (secondary N) is 1. The molecule has 0 saturated heterocycles. The van der Waals surface area contributed by atoms with Crippen LogP contribution in [0.2, 0.25) is 0 Å². The number of anilines is 1. The van der Waals surface area contributed by atoms with Crippen LogP contribution in [0.5, 0.6) is 0 Å². The fourth-order valence-electron chi connectivity index (χ4n) is 3.02. The molecule has 0 spiro atoms. The minimum Gasteiger partial charge on any atom is -0.481 e. The van der Waals surface area contributed by atoms with Crippen molar-refractivity contribution in [3.8, 4) is 0 Å². The SMILES string of the molecule is Cc1nn(C)c(C)c1NC(=O)[C@H]1CC(C)C[C@H]1C(=O)O. The molecule has 2 rings (SSSR count). The molecule has 1 unspecified atom stereocenters. The zero-order chi connectivity index (χ0) is 15.0. The van der Waals surface area contributed by atoms with Gasteiger partial charge in [0, 0.05) is 7.05 Å². The molecule has 1 saturated carbocycles. The standard InChI is InChI=1S/C14H21N3O3/c1-7-5-10(11(6-7)14(19)20)13(18)15-12-8(2)16-17(4)9(12)3/h7,10-11H,5-6H2,1-4H3,(H,15,18)(H,19,20)/t7?,10-,11+/m0/s1. The van der Waals surface area contributed by atoms with Gasteiger partial charge in [0.25, 0.3) is 0 Å². The van der Waals surface area contributed by atoms with Gasteiger partial charge in [-0.05, 0) is 32.6 Å². The number of carbonyl (C=O) groups excluding carboxylic acids is 1. The van der Waals surface area contributed by atoms with E-state index in [1.807, 2.05) is 27.8 Å². The normalized spacial score (nSPS) is 25.7. The first-order valence-electron chi connectivity index (χ1n) is 6.85. The van der Waals surface area contributed by atoms with Gasteiger partial charge in [0.05, 0.1) is 28.9 Å². The van der Waals surface area contributed by atoms with Crippen molar-refractivity contribution in [1.29, 1.82) is 0 Å². The lowest BCUT2D eigenvalue weighted by Gasteiger charge is -2.15. The summed E-state index contributed by atoms with van der Waals surface area (Å²) in [4.78, 5) is 23.6. The average Bonchev–Trinajstić information content (AvgIpc) is 2.85. The monoisotopic (exact) mass is 279 g/mol. The van der Waals surface area contributed by atoms with E-state index in [0.29, 0.717) is 18.5 Å². The van der Waals surface area contributed by atoms with Crippen molar-refractivity contribution in [3.63, 3.8) is 0 Å². The fourth-order valence-corrected chi connectivity index (χ4v) is 3.02. The van der Waals surface area contributed by atoms with E-state index in [1.54, 1.807) is 4.68 Å². The minimum absolute atomic E-state index is 0.207. The van der Waals surface area contributed by atoms with Gasteiger partial charge in [0.2, 0.25) is 5.91 Å². The summed E-state index contributed by atoms with van der Waals surface area (Å²) in [5, 5.41) is 16.3. The Morgan fingerprint density at radius 3 is 2.40 bits per heavy atom. The Balaban J connectivity index is 2.17. The molecule has 3 atom stereocenters. The molecule has 1 amide bonds. The maximum atomic E-state index is 12.4. The topological polar surface area (TPSA) is 84.2 Å². The molecule has 2 N–H and O–H groups in total. The summed E-state index contributed by atoms with van der Waals surface area (Å²) >= 11 is 0. The predicted octanol–water partition coefficient (Wildman–Crippen LogP) is 1.72. The summed E-state index contributed by atoms with van der Waals surface area (Å²) in [7, 11) is 1.82. The van der Waals surface area contributed by atoms with Crippen molar-refractivity contribution in [2.75, 3.05) is 5.32 Å². The Kier molecular flexibility index (Phi) is 3.83. The lowest BCUT2D eigenvalue weighted by atomic mass is 9.95. The number of hydrogen-bond acceptors (Lipinski definition) is 3. The van der Waals surface area contributed by atoms with Crippen LogP contribution in [-0.2, 0) is 16.6 Å². The first-order valence-corrected chi connectivity index (χ1v) is 6.85. The van der Waals surface area contributed by atoms with Gasteiger partial charge in [-0.25, -0.2) is 0 Å². The van der Waals surface area contributed by atoms with E-state index in [-0.39, 0.29) is 11.8 Å². The second kappa shape index (κ2) is 5.26. The maximum Gasteiger partial charge on any atom is 0.307 e. The quantitative estimate of drug-likeness (QED) is 0.882. The first kappa shape index (κ1) is 14.6. The Morgan fingerprint density at radius 2 is 1.90 bits per heavy atom. The van der Waals surface area contributed by atoms with Crippen LogP contribution < -0.4 is 5.32 Å². The summed E-state index contributed by atoms with van der Waals surface area (Å²) in [6.07, 6.45) is 1.19. The number of hydrogen-bond donors (Lipinski definition) is 2. The molecule has 20 heavy (non-hydrogen) atoms. The molecule has 0 radical (unpaired) electrons. The minimum atomic E-state index is -0.880. The van der Waals surface area contributed by atoms with Gasteiger partial charge in [-0.2, -0.15) is 5.10 Å². The molecule has 1 aromatic rings. The van der Waals surface area contributed by atoms with Crippen molar-refractivity contribution >= 4 is 17.6 Å². The number of aromatic nitrogens is 2. The smallest absolute Gasteiger partial charge is 0.307 e. The van der Waals surface area contributed by atoms with Gasteiger partial charge >= 0.3 is 5.97 Å². The first-order chi connectivity index (χ1) is 9.31. The molecule has 1 aliphatic rings. The molecule has 1 fully saturated rings. The van der Waals surface area contributed by atoms with Crippen molar-refractivity contribution in [3.05, 3.63) is 11.4 Å². The number of amides is 1. The maximum absolute atomic E-state index is 12.4. The third-order valence-electron chi connectivity index (χ3n) is 4.21. The van der Waals surface area contributed by atoms with Gasteiger partial charge in [-0.1, -0.05) is 6.92 Å². The molecule has 6 nitrogen and oxygen atoms in total. The van der Waals surface area contributed by atoms with E-state index in [9.17, 15) is 14.7 Å². The summed E-state index contributed by atoms with van der Waals surface area (Å²) in [6.45, 7) is 5.69. The number of carbonyl (C=O) groups is 2. The van der Waals surface area contributed by atoms with Crippen LogP contribution in [0.1, 0.15) is 31.2 Å². The summed E-state index contributed by atoms with van der Waals surface area (Å²) in [5.41, 5.74) is 2.31. The van der Waals surface area contributed by atoms with Gasteiger partial charge < -0.3 is 10.4 Å². The zero-order valence-corrected chi connectivity index (χ0v) is 12.3. The Hall–Kier alpha value is -1.85. The third kappa shape index (κ3) is 2.55. The molecule has 1 aliphatic carbocycles. The molecular weight excluding hydrogens is 258 g/mol. The van der Waals surface area contributed by atoms with E-state index >= 15 is 0 Å². The van der Waals surface area contributed by atoms with Gasteiger partial charge in [-0.3, -0.25) is 14.3 Å². The molecule has 110 valence electrons. The number of nitrogens with zero attached hydrogens (tertiary/aromatic N) is 2. The van der Waals surface area contributed by atoms with Crippen LogP contribution in [0, 0.1) is 31.6 Å². The molecule has 0 aromatic carbocycles. The van der Waals surface area contributed by atoms with Crippen LogP contribution in [0.4, 0.5) is 5.69 Å². The van der Waals surface area contributed by atoms with Crippen LogP contribution in [-0.4, -0.2) is 26.8 Å². The highest BCUT2D eigenvalue weighted by Gasteiger charge is 2.41. The summed E-state index contributed by atoms with van der Waals surface area (Å²) in [6, 6.07) is 0. The molecule has 0 aliphatic heterocycles. The van der Waals surface area contributed by atoms with E-state index in [2.05, 4.69) is 10.4 Å². The Bertz CT molecular complexity index is 550. The highest BCUT2D eigenvalue weighted by Crippen LogP contribution is 2.37. The molecule has 1 aromatic heterocycles.